The third-order valence-corrected chi connectivity index (χ3v) is 6.61. The molecule has 1 atom stereocenters. The molecule has 0 spiro atoms. The van der Waals surface area contributed by atoms with Crippen LogP contribution in [0.1, 0.15) is 48.5 Å². The van der Waals surface area contributed by atoms with Crippen LogP contribution in [0.15, 0.2) is 72.9 Å². The molecule has 5 rings (SSSR count). The monoisotopic (exact) mass is 504 g/mol. The second kappa shape index (κ2) is 10.6. The Morgan fingerprint density at radius 2 is 1.73 bits per heavy atom. The Labute approximate surface area is 213 Å². The van der Waals surface area contributed by atoms with Crippen LogP contribution in [0.25, 0.3) is 22.5 Å². The summed E-state index contributed by atoms with van der Waals surface area (Å²) in [6.07, 6.45) is -0.981. The van der Waals surface area contributed by atoms with Gasteiger partial charge in [0.25, 0.3) is 0 Å². The van der Waals surface area contributed by atoms with E-state index in [0.717, 1.165) is 49.3 Å². The van der Waals surface area contributed by atoms with Crippen molar-refractivity contribution in [2.45, 2.75) is 37.9 Å². The first-order chi connectivity index (χ1) is 17.9. The number of hydrogen-bond donors (Lipinski definition) is 2. The van der Waals surface area contributed by atoms with Crippen LogP contribution in [0.4, 0.5) is 19.1 Å². The summed E-state index contributed by atoms with van der Waals surface area (Å²) in [4.78, 5) is 9.10. The molecule has 3 heterocycles. The third kappa shape index (κ3) is 5.77. The number of aromatic nitrogens is 4. The molecule has 9 heteroatoms. The highest BCUT2D eigenvalue weighted by Crippen LogP contribution is 2.36. The molecule has 1 fully saturated rings. The molecule has 0 radical (unpaired) electrons. The first kappa shape index (κ1) is 24.8. The van der Waals surface area contributed by atoms with Gasteiger partial charge in [-0.3, -0.25) is 0 Å². The number of rotatable bonds is 6. The number of nitrogens with zero attached hydrogens (tertiary/aromatic N) is 4. The van der Waals surface area contributed by atoms with E-state index in [1.54, 1.807) is 18.3 Å². The quantitative estimate of drug-likeness (QED) is 0.323. The van der Waals surface area contributed by atoms with Crippen molar-refractivity contribution in [3.8, 4) is 22.5 Å². The lowest BCUT2D eigenvalue weighted by molar-refractivity contribution is -0.137. The van der Waals surface area contributed by atoms with Crippen LogP contribution in [0, 0.1) is 0 Å². The van der Waals surface area contributed by atoms with Gasteiger partial charge in [-0.25, -0.2) is 9.97 Å². The van der Waals surface area contributed by atoms with E-state index in [4.69, 9.17) is 4.98 Å². The minimum Gasteiger partial charge on any atom is -0.348 e. The Kier molecular flexibility index (Phi) is 7.14. The highest BCUT2D eigenvalue weighted by atomic mass is 19.4. The lowest BCUT2D eigenvalue weighted by Gasteiger charge is -2.22. The topological polar surface area (TPSA) is 75.6 Å². The molecule has 190 valence electrons. The van der Waals surface area contributed by atoms with Gasteiger partial charge in [-0.1, -0.05) is 42.5 Å². The van der Waals surface area contributed by atoms with E-state index in [2.05, 4.69) is 25.8 Å². The molecule has 0 saturated carbocycles. The summed E-state index contributed by atoms with van der Waals surface area (Å²) in [5.41, 5.74) is 3.04. The highest BCUT2D eigenvalue weighted by molar-refractivity contribution is 5.79. The van der Waals surface area contributed by atoms with Gasteiger partial charge in [0.15, 0.2) is 0 Å². The summed E-state index contributed by atoms with van der Waals surface area (Å²) in [6, 6.07) is 18.7. The molecule has 1 unspecified atom stereocenters. The summed E-state index contributed by atoms with van der Waals surface area (Å²) in [6.45, 7) is 3.79. The van der Waals surface area contributed by atoms with Crippen molar-refractivity contribution in [2.75, 3.05) is 18.4 Å². The Hall–Kier alpha value is -3.85. The summed E-state index contributed by atoms with van der Waals surface area (Å²) >= 11 is 0. The van der Waals surface area contributed by atoms with Crippen LogP contribution < -0.4 is 10.6 Å². The molecule has 2 aromatic carbocycles. The average molecular weight is 505 g/mol. The number of nitrogens with one attached hydrogen (secondary N) is 2. The average Bonchev–Trinajstić information content (AvgIpc) is 2.93. The normalized spacial score (nSPS) is 15.4. The Morgan fingerprint density at radius 3 is 2.49 bits per heavy atom. The largest absolute Gasteiger partial charge is 0.416 e. The maximum absolute atomic E-state index is 13.5. The third-order valence-electron chi connectivity index (χ3n) is 6.61. The minimum absolute atomic E-state index is 0.0414. The maximum Gasteiger partial charge on any atom is 0.416 e. The van der Waals surface area contributed by atoms with E-state index in [1.165, 1.54) is 6.07 Å². The number of alkyl halides is 3. The van der Waals surface area contributed by atoms with Gasteiger partial charge in [0, 0.05) is 23.2 Å². The van der Waals surface area contributed by atoms with Crippen molar-refractivity contribution in [2.24, 2.45) is 0 Å². The maximum atomic E-state index is 13.5. The predicted molar refractivity (Wildman–Crippen MR) is 137 cm³/mol. The molecule has 2 N–H and O–H groups in total. The zero-order valence-electron chi connectivity index (χ0n) is 20.3. The standard InChI is InChI=1S/C28H27F3N6/c1-18(19-6-3-2-4-7-19)34-27-33-15-12-24(35-27)23-17-25(20-10-13-32-14-11-20)36-37-26(23)21-8-5-9-22(16-21)28(29,30)31/h2-9,12,15-18,20,32H,10-11,13-14H2,1H3,(H,33,34,35). The molecule has 1 aliphatic rings. The lowest BCUT2D eigenvalue weighted by Crippen LogP contribution is -2.27. The smallest absolute Gasteiger partial charge is 0.348 e. The summed E-state index contributed by atoms with van der Waals surface area (Å²) in [5.74, 6) is 0.643. The zero-order valence-corrected chi connectivity index (χ0v) is 20.3. The summed E-state index contributed by atoms with van der Waals surface area (Å²) in [7, 11) is 0. The van der Waals surface area contributed by atoms with Crippen LogP contribution in [0.3, 0.4) is 0 Å². The molecular weight excluding hydrogens is 477 g/mol. The minimum atomic E-state index is -4.46. The van der Waals surface area contributed by atoms with Crippen LogP contribution >= 0.6 is 0 Å². The SMILES string of the molecule is CC(Nc1nccc(-c2cc(C3CCNCC3)nnc2-c2cccc(C(F)(F)F)c2)n1)c1ccccc1. The van der Waals surface area contributed by atoms with Gasteiger partial charge >= 0.3 is 6.18 Å². The van der Waals surface area contributed by atoms with Crippen molar-refractivity contribution in [3.63, 3.8) is 0 Å². The molecule has 2 aromatic heterocycles. The van der Waals surface area contributed by atoms with Gasteiger partial charge in [-0.15, -0.1) is 5.10 Å². The van der Waals surface area contributed by atoms with Crippen LogP contribution in [0.5, 0.6) is 0 Å². The van der Waals surface area contributed by atoms with E-state index in [1.807, 2.05) is 43.3 Å². The number of hydrogen-bond acceptors (Lipinski definition) is 6. The fourth-order valence-electron chi connectivity index (χ4n) is 4.57. The van der Waals surface area contributed by atoms with Gasteiger partial charge in [0.2, 0.25) is 5.95 Å². The number of anilines is 1. The van der Waals surface area contributed by atoms with Crippen molar-refractivity contribution in [1.29, 1.82) is 0 Å². The second-order valence-corrected chi connectivity index (χ2v) is 9.18. The molecule has 0 aliphatic carbocycles. The first-order valence-electron chi connectivity index (χ1n) is 12.3. The van der Waals surface area contributed by atoms with E-state index < -0.39 is 11.7 Å². The molecule has 0 amide bonds. The van der Waals surface area contributed by atoms with Crippen LogP contribution in [-0.2, 0) is 6.18 Å². The zero-order chi connectivity index (χ0) is 25.8. The highest BCUT2D eigenvalue weighted by Gasteiger charge is 2.31. The molecular formula is C28H27F3N6. The van der Waals surface area contributed by atoms with Crippen molar-refractivity contribution in [3.05, 3.63) is 89.7 Å². The van der Waals surface area contributed by atoms with Gasteiger partial charge in [-0.05, 0) is 62.7 Å². The van der Waals surface area contributed by atoms with Gasteiger partial charge < -0.3 is 10.6 Å². The molecule has 1 aliphatic heterocycles. The fraction of sp³-hybridized carbons (Fsp3) is 0.286. The molecule has 4 aromatic rings. The number of piperidine rings is 1. The van der Waals surface area contributed by atoms with Crippen molar-refractivity contribution in [1.82, 2.24) is 25.5 Å². The van der Waals surface area contributed by atoms with Gasteiger partial charge in [-0.2, -0.15) is 18.3 Å². The predicted octanol–water partition coefficient (Wildman–Crippen LogP) is 6.26. The summed E-state index contributed by atoms with van der Waals surface area (Å²) in [5, 5.41) is 15.6. The Balaban J connectivity index is 1.56. The summed E-state index contributed by atoms with van der Waals surface area (Å²) < 4.78 is 40.4. The first-order valence-corrected chi connectivity index (χ1v) is 12.3. The lowest BCUT2D eigenvalue weighted by atomic mass is 9.92. The van der Waals surface area contributed by atoms with E-state index in [9.17, 15) is 13.2 Å². The van der Waals surface area contributed by atoms with Crippen molar-refractivity contribution >= 4 is 5.95 Å². The van der Waals surface area contributed by atoms with Crippen LogP contribution in [-0.4, -0.2) is 33.3 Å². The van der Waals surface area contributed by atoms with Crippen LogP contribution in [0.2, 0.25) is 0 Å². The molecule has 6 nitrogen and oxygen atoms in total. The van der Waals surface area contributed by atoms with Gasteiger partial charge in [0.1, 0.15) is 5.69 Å². The van der Waals surface area contributed by atoms with E-state index >= 15 is 0 Å². The second-order valence-electron chi connectivity index (χ2n) is 9.18. The molecule has 37 heavy (non-hydrogen) atoms. The van der Waals surface area contributed by atoms with Gasteiger partial charge in [0.05, 0.1) is 23.0 Å². The molecule has 0 bridgehead atoms. The number of halogens is 3. The Morgan fingerprint density at radius 1 is 0.946 bits per heavy atom. The fourth-order valence-corrected chi connectivity index (χ4v) is 4.57. The number of benzene rings is 2. The van der Waals surface area contributed by atoms with E-state index in [-0.39, 0.29) is 12.0 Å². The van der Waals surface area contributed by atoms with E-state index in [0.29, 0.717) is 28.5 Å². The van der Waals surface area contributed by atoms with Crippen molar-refractivity contribution < 1.29 is 13.2 Å². The Bertz CT molecular complexity index is 1350. The molecule has 1 saturated heterocycles.